The van der Waals surface area contributed by atoms with Gasteiger partial charge in [0, 0.05) is 24.4 Å². The number of carbonyl (C=O) groups is 2. The van der Waals surface area contributed by atoms with Gasteiger partial charge in [0.05, 0.1) is 7.11 Å². The topological polar surface area (TPSA) is 58.6 Å². The average molecular weight is 352 g/mol. The first kappa shape index (κ1) is 19.2. The molecule has 0 heterocycles. The third-order valence-corrected chi connectivity index (χ3v) is 3.95. The summed E-state index contributed by atoms with van der Waals surface area (Å²) in [6.07, 6.45) is 1.57. The van der Waals surface area contributed by atoms with Crippen molar-refractivity contribution in [2.45, 2.75) is 13.8 Å². The number of hydrogen-bond donors (Lipinski definition) is 1. The van der Waals surface area contributed by atoms with Crippen LogP contribution in [0.25, 0.3) is 5.57 Å². The van der Waals surface area contributed by atoms with E-state index in [1.54, 1.807) is 37.5 Å². The second kappa shape index (κ2) is 9.42. The number of allylic oxidation sites excluding steroid dienone is 1. The first-order chi connectivity index (χ1) is 12.5. The second-order valence-electron chi connectivity index (χ2n) is 5.83. The number of rotatable bonds is 7. The molecule has 1 N–H and O–H groups in total. The van der Waals surface area contributed by atoms with E-state index in [4.69, 9.17) is 4.74 Å². The van der Waals surface area contributed by atoms with Crippen molar-refractivity contribution in [2.75, 3.05) is 25.5 Å². The summed E-state index contributed by atoms with van der Waals surface area (Å²) in [7, 11) is 1.57. The molecule has 0 saturated carbocycles. The van der Waals surface area contributed by atoms with Crippen LogP contribution in [-0.4, -0.2) is 36.9 Å². The zero-order valence-electron chi connectivity index (χ0n) is 15.4. The van der Waals surface area contributed by atoms with E-state index in [1.807, 2.05) is 44.2 Å². The Morgan fingerprint density at radius 3 is 2.50 bits per heavy atom. The molecule has 2 aromatic rings. The van der Waals surface area contributed by atoms with Gasteiger partial charge >= 0.3 is 0 Å². The molecule has 0 aliphatic carbocycles. The Labute approximate surface area is 154 Å². The Balaban J connectivity index is 2.01. The molecule has 0 fully saturated rings. The number of amides is 2. The summed E-state index contributed by atoms with van der Waals surface area (Å²) < 4.78 is 5.14. The first-order valence-corrected chi connectivity index (χ1v) is 8.50. The monoisotopic (exact) mass is 352 g/mol. The first-order valence-electron chi connectivity index (χ1n) is 8.50. The van der Waals surface area contributed by atoms with Crippen LogP contribution < -0.4 is 10.1 Å². The van der Waals surface area contributed by atoms with E-state index in [2.05, 4.69) is 5.32 Å². The molecule has 0 aliphatic rings. The standard InChI is InChI=1S/C21H24N2O3/c1-4-23(21(25)13-16(2)17-9-6-5-7-10-17)15-20(24)22-18-11-8-12-19(14-18)26-3/h5-14H,4,15H2,1-3H3,(H,22,24)/b16-13+. The fourth-order valence-corrected chi connectivity index (χ4v) is 2.48. The minimum Gasteiger partial charge on any atom is -0.497 e. The molecule has 2 rings (SSSR count). The van der Waals surface area contributed by atoms with Gasteiger partial charge in [-0.3, -0.25) is 9.59 Å². The zero-order valence-corrected chi connectivity index (χ0v) is 15.4. The largest absolute Gasteiger partial charge is 0.497 e. The minimum absolute atomic E-state index is 0.00882. The van der Waals surface area contributed by atoms with Gasteiger partial charge in [0.1, 0.15) is 12.3 Å². The highest BCUT2D eigenvalue weighted by Crippen LogP contribution is 2.17. The fourth-order valence-electron chi connectivity index (χ4n) is 2.48. The number of ether oxygens (including phenoxy) is 1. The Morgan fingerprint density at radius 1 is 1.12 bits per heavy atom. The minimum atomic E-state index is -0.251. The normalized spacial score (nSPS) is 11.0. The van der Waals surface area contributed by atoms with Gasteiger partial charge in [-0.25, -0.2) is 0 Å². The van der Waals surface area contributed by atoms with Crippen molar-refractivity contribution in [3.05, 3.63) is 66.2 Å². The number of methoxy groups -OCH3 is 1. The van der Waals surface area contributed by atoms with Crippen molar-refractivity contribution in [3.63, 3.8) is 0 Å². The highest BCUT2D eigenvalue weighted by molar-refractivity contribution is 5.99. The molecule has 0 spiro atoms. The van der Waals surface area contributed by atoms with Gasteiger partial charge in [-0.2, -0.15) is 0 Å². The van der Waals surface area contributed by atoms with Gasteiger partial charge in [0.2, 0.25) is 11.8 Å². The van der Waals surface area contributed by atoms with Crippen molar-refractivity contribution in [1.82, 2.24) is 4.90 Å². The molecule has 5 nitrogen and oxygen atoms in total. The van der Waals surface area contributed by atoms with E-state index < -0.39 is 0 Å². The van der Waals surface area contributed by atoms with Crippen LogP contribution in [-0.2, 0) is 9.59 Å². The lowest BCUT2D eigenvalue weighted by molar-refractivity contribution is -0.130. The molecule has 136 valence electrons. The SMILES string of the molecule is CCN(CC(=O)Nc1cccc(OC)c1)C(=O)/C=C(\C)c1ccccc1. The van der Waals surface area contributed by atoms with Crippen molar-refractivity contribution in [3.8, 4) is 5.75 Å². The van der Waals surface area contributed by atoms with Crippen LogP contribution in [0, 0.1) is 0 Å². The molecule has 0 radical (unpaired) electrons. The molecule has 0 aromatic heterocycles. The molecule has 26 heavy (non-hydrogen) atoms. The molecule has 2 amide bonds. The van der Waals surface area contributed by atoms with Gasteiger partial charge in [0.25, 0.3) is 0 Å². The van der Waals surface area contributed by atoms with E-state index >= 15 is 0 Å². The lowest BCUT2D eigenvalue weighted by Gasteiger charge is -2.19. The van der Waals surface area contributed by atoms with Crippen molar-refractivity contribution < 1.29 is 14.3 Å². The summed E-state index contributed by atoms with van der Waals surface area (Å²) in [5.41, 5.74) is 2.48. The summed E-state index contributed by atoms with van der Waals surface area (Å²) in [4.78, 5) is 26.3. The maximum Gasteiger partial charge on any atom is 0.247 e. The highest BCUT2D eigenvalue weighted by atomic mass is 16.5. The number of likely N-dealkylation sites (N-methyl/N-ethyl adjacent to an activating group) is 1. The molecule has 0 aliphatic heterocycles. The number of carbonyl (C=O) groups excluding carboxylic acids is 2. The third kappa shape index (κ3) is 5.48. The zero-order chi connectivity index (χ0) is 18.9. The van der Waals surface area contributed by atoms with Crippen LogP contribution in [0.4, 0.5) is 5.69 Å². The Kier molecular flexibility index (Phi) is 6.97. The van der Waals surface area contributed by atoms with Crippen molar-refractivity contribution in [2.24, 2.45) is 0 Å². The molecule has 0 bridgehead atoms. The van der Waals surface area contributed by atoms with Crippen LogP contribution in [0.5, 0.6) is 5.75 Å². The quantitative estimate of drug-likeness (QED) is 0.775. The number of nitrogens with one attached hydrogen (secondary N) is 1. The van der Waals surface area contributed by atoms with Gasteiger partial charge < -0.3 is 15.0 Å². The number of nitrogens with zero attached hydrogens (tertiary/aromatic N) is 1. The summed E-state index contributed by atoms with van der Waals surface area (Å²) in [6, 6.07) is 16.8. The molecule has 5 heteroatoms. The van der Waals surface area contributed by atoms with Gasteiger partial charge in [0.15, 0.2) is 0 Å². The van der Waals surface area contributed by atoms with E-state index in [0.29, 0.717) is 18.0 Å². The molecule has 2 aromatic carbocycles. The van der Waals surface area contributed by atoms with Crippen LogP contribution in [0.15, 0.2) is 60.7 Å². The molecule has 0 unspecified atom stereocenters. The summed E-state index contributed by atoms with van der Waals surface area (Å²) >= 11 is 0. The predicted molar refractivity (Wildman–Crippen MR) is 104 cm³/mol. The van der Waals surface area contributed by atoms with Crippen molar-refractivity contribution in [1.29, 1.82) is 0 Å². The molecular weight excluding hydrogens is 328 g/mol. The van der Waals surface area contributed by atoms with Crippen LogP contribution in [0.3, 0.4) is 0 Å². The van der Waals surface area contributed by atoms with E-state index in [0.717, 1.165) is 11.1 Å². The molecule has 0 saturated heterocycles. The van der Waals surface area contributed by atoms with Crippen LogP contribution >= 0.6 is 0 Å². The highest BCUT2D eigenvalue weighted by Gasteiger charge is 2.14. The third-order valence-electron chi connectivity index (χ3n) is 3.95. The summed E-state index contributed by atoms with van der Waals surface area (Å²) in [6.45, 7) is 4.17. The van der Waals surface area contributed by atoms with Crippen LogP contribution in [0.1, 0.15) is 19.4 Å². The molecular formula is C21H24N2O3. The fraction of sp³-hybridized carbons (Fsp3) is 0.238. The Hall–Kier alpha value is -3.08. The van der Waals surface area contributed by atoms with Crippen LogP contribution in [0.2, 0.25) is 0 Å². The van der Waals surface area contributed by atoms with E-state index in [9.17, 15) is 9.59 Å². The maximum atomic E-state index is 12.5. The number of hydrogen-bond acceptors (Lipinski definition) is 3. The van der Waals surface area contributed by atoms with Crippen molar-refractivity contribution >= 4 is 23.1 Å². The number of benzene rings is 2. The van der Waals surface area contributed by atoms with E-state index in [-0.39, 0.29) is 18.4 Å². The maximum absolute atomic E-state index is 12.5. The molecule has 0 atom stereocenters. The lowest BCUT2D eigenvalue weighted by atomic mass is 10.1. The average Bonchev–Trinajstić information content (AvgIpc) is 2.66. The van der Waals surface area contributed by atoms with Gasteiger partial charge in [-0.05, 0) is 37.1 Å². The predicted octanol–water partition coefficient (Wildman–Crippen LogP) is 3.59. The van der Waals surface area contributed by atoms with Gasteiger partial charge in [-0.15, -0.1) is 0 Å². The summed E-state index contributed by atoms with van der Waals surface area (Å²) in [5, 5.41) is 2.79. The van der Waals surface area contributed by atoms with Gasteiger partial charge in [-0.1, -0.05) is 36.4 Å². The second-order valence-corrected chi connectivity index (χ2v) is 5.83. The van der Waals surface area contributed by atoms with E-state index in [1.165, 1.54) is 4.90 Å². The number of anilines is 1. The Morgan fingerprint density at radius 2 is 1.85 bits per heavy atom. The Bertz CT molecular complexity index is 785. The summed E-state index contributed by atoms with van der Waals surface area (Å²) in [5.74, 6) is 0.224. The lowest BCUT2D eigenvalue weighted by Crippen LogP contribution is -2.37. The smallest absolute Gasteiger partial charge is 0.247 e.